The summed E-state index contributed by atoms with van der Waals surface area (Å²) in [7, 11) is 1.68. The van der Waals surface area contributed by atoms with Crippen LogP contribution in [0.25, 0.3) is 0 Å². The van der Waals surface area contributed by atoms with Crippen LogP contribution in [0.5, 0.6) is 5.75 Å². The van der Waals surface area contributed by atoms with Gasteiger partial charge >= 0.3 is 0 Å². The predicted molar refractivity (Wildman–Crippen MR) is 65.2 cm³/mol. The van der Waals surface area contributed by atoms with Crippen molar-refractivity contribution < 1.29 is 4.74 Å². The standard InChI is InChI=1S/C14H16O/c1-3-4-5-6-7-8-13-9-11-14(15-2)12-10-13/h3-7,9-12H,1,8H2,2H3. The van der Waals surface area contributed by atoms with Gasteiger partial charge in [0.05, 0.1) is 7.11 Å². The Morgan fingerprint density at radius 2 is 1.87 bits per heavy atom. The summed E-state index contributed by atoms with van der Waals surface area (Å²) in [4.78, 5) is 0. The lowest BCUT2D eigenvalue weighted by Gasteiger charge is -2.00. The van der Waals surface area contributed by atoms with Crippen molar-refractivity contribution in [3.8, 4) is 5.75 Å². The third-order valence-corrected chi connectivity index (χ3v) is 2.01. The molecule has 0 unspecified atom stereocenters. The van der Waals surface area contributed by atoms with Gasteiger partial charge in [0.2, 0.25) is 0 Å². The maximum atomic E-state index is 5.09. The van der Waals surface area contributed by atoms with E-state index in [4.69, 9.17) is 4.74 Å². The van der Waals surface area contributed by atoms with E-state index in [1.54, 1.807) is 13.2 Å². The van der Waals surface area contributed by atoms with Crippen LogP contribution >= 0.6 is 0 Å². The first-order valence-corrected chi connectivity index (χ1v) is 4.94. The van der Waals surface area contributed by atoms with Crippen molar-refractivity contribution in [2.45, 2.75) is 6.42 Å². The molecule has 0 aliphatic carbocycles. The van der Waals surface area contributed by atoms with Crippen molar-refractivity contribution in [3.05, 3.63) is 66.8 Å². The molecule has 78 valence electrons. The van der Waals surface area contributed by atoms with Gasteiger partial charge in [-0.3, -0.25) is 0 Å². The van der Waals surface area contributed by atoms with Crippen LogP contribution in [0.2, 0.25) is 0 Å². The second-order valence-electron chi connectivity index (χ2n) is 3.10. The SMILES string of the molecule is C=CC=CC=CCc1ccc(OC)cc1. The maximum absolute atomic E-state index is 5.09. The quantitative estimate of drug-likeness (QED) is 0.661. The molecule has 1 aromatic rings. The second kappa shape index (κ2) is 6.66. The molecular formula is C14H16O. The first-order chi connectivity index (χ1) is 7.36. The van der Waals surface area contributed by atoms with E-state index in [0.29, 0.717) is 0 Å². The van der Waals surface area contributed by atoms with Crippen molar-refractivity contribution in [3.63, 3.8) is 0 Å². The Bertz CT molecular complexity index is 344. The lowest BCUT2D eigenvalue weighted by molar-refractivity contribution is 0.414. The van der Waals surface area contributed by atoms with Crippen molar-refractivity contribution in [2.24, 2.45) is 0 Å². The summed E-state index contributed by atoms with van der Waals surface area (Å²) in [5.41, 5.74) is 1.28. The lowest BCUT2D eigenvalue weighted by atomic mass is 10.1. The van der Waals surface area contributed by atoms with Gasteiger partial charge in [0.15, 0.2) is 0 Å². The largest absolute Gasteiger partial charge is 0.497 e. The summed E-state index contributed by atoms with van der Waals surface area (Å²) in [6.45, 7) is 3.60. The van der Waals surface area contributed by atoms with Crippen molar-refractivity contribution in [1.82, 2.24) is 0 Å². The molecule has 0 saturated carbocycles. The molecule has 0 aliphatic rings. The monoisotopic (exact) mass is 200 g/mol. The van der Waals surface area contributed by atoms with Crippen LogP contribution < -0.4 is 4.74 Å². The lowest BCUT2D eigenvalue weighted by Crippen LogP contribution is -1.84. The number of rotatable bonds is 5. The van der Waals surface area contributed by atoms with E-state index in [-0.39, 0.29) is 0 Å². The fourth-order valence-corrected chi connectivity index (χ4v) is 1.19. The van der Waals surface area contributed by atoms with Crippen molar-refractivity contribution in [2.75, 3.05) is 7.11 Å². The highest BCUT2D eigenvalue weighted by Crippen LogP contribution is 2.11. The molecule has 1 rings (SSSR count). The Labute approximate surface area is 91.4 Å². The third kappa shape index (κ3) is 4.32. The minimum Gasteiger partial charge on any atom is -0.497 e. The average Bonchev–Trinajstić information content (AvgIpc) is 2.30. The summed E-state index contributed by atoms with van der Waals surface area (Å²) in [6.07, 6.45) is 10.7. The number of hydrogen-bond acceptors (Lipinski definition) is 1. The first kappa shape index (κ1) is 11.3. The van der Waals surface area contributed by atoms with E-state index in [1.807, 2.05) is 30.4 Å². The van der Waals surface area contributed by atoms with Gasteiger partial charge in [-0.2, -0.15) is 0 Å². The molecule has 0 fully saturated rings. The van der Waals surface area contributed by atoms with E-state index in [0.717, 1.165) is 12.2 Å². The van der Waals surface area contributed by atoms with Crippen molar-refractivity contribution >= 4 is 0 Å². The molecule has 0 radical (unpaired) electrons. The molecule has 0 saturated heterocycles. The number of allylic oxidation sites excluding steroid dienone is 5. The van der Waals surface area contributed by atoms with E-state index in [9.17, 15) is 0 Å². The second-order valence-corrected chi connectivity index (χ2v) is 3.10. The highest BCUT2D eigenvalue weighted by molar-refractivity contribution is 5.28. The van der Waals surface area contributed by atoms with Gasteiger partial charge in [0.1, 0.15) is 5.75 Å². The van der Waals surface area contributed by atoms with Gasteiger partial charge in [0, 0.05) is 0 Å². The molecule has 0 spiro atoms. The molecule has 1 heteroatoms. The Morgan fingerprint density at radius 3 is 2.47 bits per heavy atom. The molecule has 0 heterocycles. The summed E-state index contributed by atoms with van der Waals surface area (Å²) >= 11 is 0. The Morgan fingerprint density at radius 1 is 1.13 bits per heavy atom. The third-order valence-electron chi connectivity index (χ3n) is 2.01. The summed E-state index contributed by atoms with van der Waals surface area (Å²) in [6, 6.07) is 8.09. The van der Waals surface area contributed by atoms with Gasteiger partial charge in [-0.25, -0.2) is 0 Å². The van der Waals surface area contributed by atoms with Crippen LogP contribution in [-0.4, -0.2) is 7.11 Å². The molecule has 0 aromatic heterocycles. The maximum Gasteiger partial charge on any atom is 0.118 e. The topological polar surface area (TPSA) is 9.23 Å². The smallest absolute Gasteiger partial charge is 0.118 e. The van der Waals surface area contributed by atoms with Crippen LogP contribution in [0.4, 0.5) is 0 Å². The van der Waals surface area contributed by atoms with Crippen LogP contribution in [0.1, 0.15) is 5.56 Å². The summed E-state index contributed by atoms with van der Waals surface area (Å²) in [5.74, 6) is 0.897. The Balaban J connectivity index is 2.47. The van der Waals surface area contributed by atoms with Gasteiger partial charge < -0.3 is 4.74 Å². The zero-order valence-corrected chi connectivity index (χ0v) is 9.02. The summed E-state index contributed by atoms with van der Waals surface area (Å²) < 4.78 is 5.09. The van der Waals surface area contributed by atoms with Crippen LogP contribution in [0.15, 0.2) is 61.2 Å². The van der Waals surface area contributed by atoms with Gasteiger partial charge in [-0.1, -0.05) is 49.1 Å². The molecular weight excluding hydrogens is 184 g/mol. The fraction of sp³-hybridized carbons (Fsp3) is 0.143. The number of ether oxygens (including phenoxy) is 1. The molecule has 0 aliphatic heterocycles. The first-order valence-electron chi connectivity index (χ1n) is 4.94. The molecule has 1 nitrogen and oxygen atoms in total. The number of methoxy groups -OCH3 is 1. The van der Waals surface area contributed by atoms with Crippen molar-refractivity contribution in [1.29, 1.82) is 0 Å². The molecule has 0 atom stereocenters. The highest BCUT2D eigenvalue weighted by atomic mass is 16.5. The zero-order valence-electron chi connectivity index (χ0n) is 9.02. The molecule has 0 bridgehead atoms. The minimum atomic E-state index is 0.897. The van der Waals surface area contributed by atoms with E-state index in [2.05, 4.69) is 24.8 Å². The number of benzene rings is 1. The number of hydrogen-bond donors (Lipinski definition) is 0. The molecule has 0 N–H and O–H groups in total. The average molecular weight is 200 g/mol. The normalized spacial score (nSPS) is 11.0. The minimum absolute atomic E-state index is 0.897. The van der Waals surface area contributed by atoms with Crippen LogP contribution in [0.3, 0.4) is 0 Å². The zero-order chi connectivity index (χ0) is 10.9. The predicted octanol–water partition coefficient (Wildman–Crippen LogP) is 3.54. The van der Waals surface area contributed by atoms with Gasteiger partial charge in [0.25, 0.3) is 0 Å². The van der Waals surface area contributed by atoms with E-state index in [1.165, 1.54) is 5.56 Å². The van der Waals surface area contributed by atoms with E-state index >= 15 is 0 Å². The van der Waals surface area contributed by atoms with Crippen LogP contribution in [-0.2, 0) is 6.42 Å². The fourth-order valence-electron chi connectivity index (χ4n) is 1.19. The summed E-state index contributed by atoms with van der Waals surface area (Å²) in [5, 5.41) is 0. The van der Waals surface area contributed by atoms with E-state index < -0.39 is 0 Å². The Hall–Kier alpha value is -1.76. The highest BCUT2D eigenvalue weighted by Gasteiger charge is 1.90. The molecule has 0 amide bonds. The molecule has 1 aromatic carbocycles. The van der Waals surface area contributed by atoms with Crippen LogP contribution in [0, 0.1) is 0 Å². The van der Waals surface area contributed by atoms with Gasteiger partial charge in [-0.15, -0.1) is 0 Å². The Kier molecular flexibility index (Phi) is 5.02. The molecule has 15 heavy (non-hydrogen) atoms. The van der Waals surface area contributed by atoms with Gasteiger partial charge in [-0.05, 0) is 24.1 Å².